The molecule has 2 rings (SSSR count). The van der Waals surface area contributed by atoms with Crippen molar-refractivity contribution in [1.29, 1.82) is 0 Å². The molecule has 0 aliphatic carbocycles. The van der Waals surface area contributed by atoms with E-state index in [0.717, 1.165) is 0 Å². The molecule has 0 atom stereocenters. The van der Waals surface area contributed by atoms with Crippen molar-refractivity contribution in [3.05, 3.63) is 36.0 Å². The van der Waals surface area contributed by atoms with Gasteiger partial charge >= 0.3 is 0 Å². The standard InChI is InChI=1S/C13H18N2.ClH/c1-13(2,9-14)11-8-15(3)12-7-5-4-6-10(11)12;/h4-8H,9,14H2,1-3H3;1H. The smallest absolute Gasteiger partial charge is 0.0480 e. The second-order valence-electron chi connectivity index (χ2n) is 4.76. The van der Waals surface area contributed by atoms with Crippen molar-refractivity contribution < 1.29 is 0 Å². The molecule has 0 unspecified atom stereocenters. The first-order chi connectivity index (χ1) is 7.06. The predicted octanol–water partition coefficient (Wildman–Crippen LogP) is 2.84. The van der Waals surface area contributed by atoms with Crippen LogP contribution in [0.3, 0.4) is 0 Å². The average molecular weight is 239 g/mol. The summed E-state index contributed by atoms with van der Waals surface area (Å²) in [4.78, 5) is 0. The van der Waals surface area contributed by atoms with E-state index in [1.165, 1.54) is 16.5 Å². The largest absolute Gasteiger partial charge is 0.350 e. The molecule has 88 valence electrons. The van der Waals surface area contributed by atoms with Gasteiger partial charge in [-0.25, -0.2) is 0 Å². The molecule has 0 aliphatic heterocycles. The first kappa shape index (κ1) is 13.1. The van der Waals surface area contributed by atoms with Gasteiger partial charge in [-0.15, -0.1) is 12.4 Å². The molecule has 2 N–H and O–H groups in total. The van der Waals surface area contributed by atoms with E-state index in [2.05, 4.69) is 55.9 Å². The number of para-hydroxylation sites is 1. The van der Waals surface area contributed by atoms with Crippen molar-refractivity contribution in [1.82, 2.24) is 4.57 Å². The third-order valence-corrected chi connectivity index (χ3v) is 3.14. The Balaban J connectivity index is 0.00000128. The monoisotopic (exact) mass is 238 g/mol. The second-order valence-corrected chi connectivity index (χ2v) is 4.76. The van der Waals surface area contributed by atoms with Gasteiger partial charge in [0.15, 0.2) is 0 Å². The minimum absolute atomic E-state index is 0. The SMILES string of the molecule is Cl.Cn1cc(C(C)(C)CN)c2ccccc21. The molecule has 2 aromatic rings. The first-order valence-corrected chi connectivity index (χ1v) is 5.31. The highest BCUT2D eigenvalue weighted by Crippen LogP contribution is 2.30. The molecule has 1 heterocycles. The summed E-state index contributed by atoms with van der Waals surface area (Å²) in [5.41, 5.74) is 8.48. The molecule has 0 spiro atoms. The quantitative estimate of drug-likeness (QED) is 0.857. The summed E-state index contributed by atoms with van der Waals surface area (Å²) >= 11 is 0. The average Bonchev–Trinajstić information content (AvgIpc) is 2.58. The van der Waals surface area contributed by atoms with Crippen LogP contribution in [0.4, 0.5) is 0 Å². The number of halogens is 1. The summed E-state index contributed by atoms with van der Waals surface area (Å²) in [6.45, 7) is 5.05. The Hall–Kier alpha value is -0.990. The van der Waals surface area contributed by atoms with Crippen LogP contribution in [0.25, 0.3) is 10.9 Å². The van der Waals surface area contributed by atoms with Crippen LogP contribution in [0.1, 0.15) is 19.4 Å². The van der Waals surface area contributed by atoms with Gasteiger partial charge in [-0.2, -0.15) is 0 Å². The Labute approximate surface area is 103 Å². The number of aromatic nitrogens is 1. The second kappa shape index (κ2) is 4.48. The number of fused-ring (bicyclic) bond motifs is 1. The maximum absolute atomic E-state index is 5.83. The lowest BCUT2D eigenvalue weighted by Gasteiger charge is -2.21. The molecular formula is C13H19ClN2. The van der Waals surface area contributed by atoms with E-state index in [4.69, 9.17) is 5.73 Å². The lowest BCUT2D eigenvalue weighted by Crippen LogP contribution is -2.27. The molecule has 0 amide bonds. The summed E-state index contributed by atoms with van der Waals surface area (Å²) in [5.74, 6) is 0. The first-order valence-electron chi connectivity index (χ1n) is 5.31. The Morgan fingerprint density at radius 1 is 1.25 bits per heavy atom. The third-order valence-electron chi connectivity index (χ3n) is 3.14. The summed E-state index contributed by atoms with van der Waals surface area (Å²) < 4.78 is 2.17. The van der Waals surface area contributed by atoms with Crippen molar-refractivity contribution in [3.8, 4) is 0 Å². The lowest BCUT2D eigenvalue weighted by molar-refractivity contribution is 0.542. The summed E-state index contributed by atoms with van der Waals surface area (Å²) in [7, 11) is 2.08. The van der Waals surface area contributed by atoms with Crippen molar-refractivity contribution >= 4 is 23.3 Å². The molecule has 1 aromatic carbocycles. The van der Waals surface area contributed by atoms with Crippen LogP contribution in [0, 0.1) is 0 Å². The fourth-order valence-electron chi connectivity index (χ4n) is 1.99. The summed E-state index contributed by atoms with van der Waals surface area (Å²) in [5, 5.41) is 1.32. The molecule has 0 radical (unpaired) electrons. The molecule has 0 saturated carbocycles. The van der Waals surface area contributed by atoms with Gasteiger partial charge in [0, 0.05) is 36.1 Å². The van der Waals surface area contributed by atoms with E-state index in [0.29, 0.717) is 6.54 Å². The van der Waals surface area contributed by atoms with E-state index < -0.39 is 0 Å². The molecule has 1 aromatic heterocycles. The molecular weight excluding hydrogens is 220 g/mol. The number of aryl methyl sites for hydroxylation is 1. The van der Waals surface area contributed by atoms with E-state index in [9.17, 15) is 0 Å². The Morgan fingerprint density at radius 2 is 1.88 bits per heavy atom. The Kier molecular flexibility index (Phi) is 3.66. The van der Waals surface area contributed by atoms with Crippen molar-refractivity contribution in [2.45, 2.75) is 19.3 Å². The fourth-order valence-corrected chi connectivity index (χ4v) is 1.99. The van der Waals surface area contributed by atoms with Gasteiger partial charge in [-0.05, 0) is 11.6 Å². The maximum Gasteiger partial charge on any atom is 0.0480 e. The minimum Gasteiger partial charge on any atom is -0.350 e. The third kappa shape index (κ3) is 1.95. The highest BCUT2D eigenvalue weighted by atomic mass is 35.5. The Bertz CT molecular complexity index is 486. The van der Waals surface area contributed by atoms with E-state index in [1.807, 2.05) is 0 Å². The molecule has 2 nitrogen and oxygen atoms in total. The lowest BCUT2D eigenvalue weighted by atomic mass is 9.85. The molecule has 0 bridgehead atoms. The molecule has 16 heavy (non-hydrogen) atoms. The van der Waals surface area contributed by atoms with Gasteiger partial charge in [0.1, 0.15) is 0 Å². The van der Waals surface area contributed by atoms with Gasteiger partial charge in [-0.1, -0.05) is 32.0 Å². The zero-order chi connectivity index (χ0) is 11.1. The molecule has 3 heteroatoms. The van der Waals surface area contributed by atoms with Crippen LogP contribution < -0.4 is 5.73 Å². The molecule has 0 fully saturated rings. The van der Waals surface area contributed by atoms with Crippen molar-refractivity contribution in [2.24, 2.45) is 12.8 Å². The van der Waals surface area contributed by atoms with Crippen molar-refractivity contribution in [2.75, 3.05) is 6.54 Å². The number of benzene rings is 1. The van der Waals surface area contributed by atoms with Gasteiger partial charge in [0.2, 0.25) is 0 Å². The zero-order valence-electron chi connectivity index (χ0n) is 10.0. The van der Waals surface area contributed by atoms with Gasteiger partial charge < -0.3 is 10.3 Å². The van der Waals surface area contributed by atoms with Gasteiger partial charge in [-0.3, -0.25) is 0 Å². The van der Waals surface area contributed by atoms with Crippen LogP contribution in [0.2, 0.25) is 0 Å². The summed E-state index contributed by atoms with van der Waals surface area (Å²) in [6.07, 6.45) is 2.19. The van der Waals surface area contributed by atoms with Crippen LogP contribution in [-0.2, 0) is 12.5 Å². The maximum atomic E-state index is 5.83. The van der Waals surface area contributed by atoms with Crippen LogP contribution in [0.15, 0.2) is 30.5 Å². The predicted molar refractivity (Wildman–Crippen MR) is 72.2 cm³/mol. The number of hydrogen-bond donors (Lipinski definition) is 1. The van der Waals surface area contributed by atoms with Crippen LogP contribution in [0.5, 0.6) is 0 Å². The minimum atomic E-state index is 0. The van der Waals surface area contributed by atoms with E-state index in [1.54, 1.807) is 0 Å². The van der Waals surface area contributed by atoms with Gasteiger partial charge in [0.25, 0.3) is 0 Å². The van der Waals surface area contributed by atoms with Crippen LogP contribution in [-0.4, -0.2) is 11.1 Å². The highest BCUT2D eigenvalue weighted by Gasteiger charge is 2.22. The normalized spacial score (nSPS) is 11.5. The number of nitrogens with two attached hydrogens (primary N) is 1. The number of hydrogen-bond acceptors (Lipinski definition) is 1. The van der Waals surface area contributed by atoms with E-state index >= 15 is 0 Å². The van der Waals surface area contributed by atoms with Crippen LogP contribution >= 0.6 is 12.4 Å². The Morgan fingerprint density at radius 3 is 2.50 bits per heavy atom. The van der Waals surface area contributed by atoms with Gasteiger partial charge in [0.05, 0.1) is 0 Å². The molecule has 0 aliphatic rings. The van der Waals surface area contributed by atoms with E-state index in [-0.39, 0.29) is 17.8 Å². The highest BCUT2D eigenvalue weighted by molar-refractivity contribution is 5.85. The number of nitrogens with zero attached hydrogens (tertiary/aromatic N) is 1. The fraction of sp³-hybridized carbons (Fsp3) is 0.385. The zero-order valence-corrected chi connectivity index (χ0v) is 10.8. The summed E-state index contributed by atoms with van der Waals surface area (Å²) in [6, 6.07) is 8.47. The topological polar surface area (TPSA) is 30.9 Å². The molecule has 0 saturated heterocycles. The number of rotatable bonds is 2. The van der Waals surface area contributed by atoms with Crippen molar-refractivity contribution in [3.63, 3.8) is 0 Å².